The van der Waals surface area contributed by atoms with Crippen molar-refractivity contribution in [3.63, 3.8) is 0 Å². The van der Waals surface area contributed by atoms with Crippen molar-refractivity contribution in [1.29, 1.82) is 0 Å². The van der Waals surface area contributed by atoms with Crippen LogP contribution in [0.15, 0.2) is 12.4 Å². The zero-order valence-corrected chi connectivity index (χ0v) is 26.8. The van der Waals surface area contributed by atoms with Crippen molar-refractivity contribution >= 4 is 39.3 Å². The van der Waals surface area contributed by atoms with E-state index in [4.69, 9.17) is 4.74 Å². The van der Waals surface area contributed by atoms with E-state index in [1.54, 1.807) is 33.2 Å². The van der Waals surface area contributed by atoms with Crippen molar-refractivity contribution in [1.82, 2.24) is 19.8 Å². The molecule has 0 bridgehead atoms. The number of carbonyl (C=O) groups excluding carboxylic acids is 2. The van der Waals surface area contributed by atoms with Gasteiger partial charge in [-0.25, -0.2) is 26.7 Å². The van der Waals surface area contributed by atoms with Crippen LogP contribution in [0.1, 0.15) is 61.7 Å². The van der Waals surface area contributed by atoms with Crippen LogP contribution in [0.4, 0.5) is 32.4 Å². The van der Waals surface area contributed by atoms with E-state index in [0.29, 0.717) is 15.7 Å². The van der Waals surface area contributed by atoms with Crippen LogP contribution >= 0.6 is 11.3 Å². The molecule has 2 aliphatic carbocycles. The summed E-state index contributed by atoms with van der Waals surface area (Å²) in [5.74, 6) is -6.55. The summed E-state index contributed by atoms with van der Waals surface area (Å²) in [6.07, 6.45) is 0.170. The first-order valence-electron chi connectivity index (χ1n) is 14.8. The highest BCUT2D eigenvalue weighted by Crippen LogP contribution is 2.49. The van der Waals surface area contributed by atoms with Crippen molar-refractivity contribution in [3.8, 4) is 10.4 Å². The maximum absolute atomic E-state index is 14.4. The summed E-state index contributed by atoms with van der Waals surface area (Å²) >= 11 is 1.32. The fourth-order valence-corrected chi connectivity index (χ4v) is 9.03. The third kappa shape index (κ3) is 6.43. The average molecular weight is 696 g/mol. The molecule has 2 saturated carbocycles. The van der Waals surface area contributed by atoms with Crippen LogP contribution in [0, 0.1) is 11.8 Å². The van der Waals surface area contributed by atoms with Gasteiger partial charge in [-0.3, -0.25) is 14.1 Å². The van der Waals surface area contributed by atoms with Crippen LogP contribution < -0.4 is 10.2 Å². The van der Waals surface area contributed by atoms with Crippen LogP contribution in [0.2, 0.25) is 0 Å². The van der Waals surface area contributed by atoms with Crippen molar-refractivity contribution in [3.05, 3.63) is 22.8 Å². The molecule has 11 nitrogen and oxygen atoms in total. The lowest BCUT2D eigenvalue weighted by atomic mass is 9.76. The highest BCUT2D eigenvalue weighted by Gasteiger charge is 2.56. The monoisotopic (exact) mass is 695 g/mol. The smallest absolute Gasteiger partial charge is 0.426 e. The SMILES string of the molecule is CC(C)(C)OC(=O)N1C(C2CC(F)(F)C2)COS1(=O)=O.O=C1NC(C2CC(F)(F)C2)CN2CC(F)Cc3c(-c4cn[nH]c4)sc1c32. The third-order valence-corrected chi connectivity index (χ3v) is 11.3. The molecule has 2 aromatic heterocycles. The summed E-state index contributed by atoms with van der Waals surface area (Å²) in [5.41, 5.74) is 1.53. The number of H-pyrrole nitrogens is 1. The molecular weight excluding hydrogens is 661 g/mol. The number of alkyl halides is 5. The van der Waals surface area contributed by atoms with Gasteiger partial charge in [0.1, 0.15) is 16.6 Å². The number of carbonyl (C=O) groups is 2. The van der Waals surface area contributed by atoms with E-state index in [-0.39, 0.29) is 50.3 Å². The number of hydrogen-bond donors (Lipinski definition) is 2. The Bertz CT molecular complexity index is 1600. The predicted molar refractivity (Wildman–Crippen MR) is 156 cm³/mol. The Kier molecular flexibility index (Phi) is 8.10. The Hall–Kier alpha value is -2.99. The van der Waals surface area contributed by atoms with Gasteiger partial charge in [0.2, 0.25) is 11.8 Å². The molecule has 7 rings (SSSR count). The van der Waals surface area contributed by atoms with Crippen LogP contribution in [-0.2, 0) is 25.6 Å². The molecular formula is C28H34F5N5O6S2. The summed E-state index contributed by atoms with van der Waals surface area (Å²) in [6, 6.07) is -1.30. The number of thiophene rings is 1. The summed E-state index contributed by atoms with van der Waals surface area (Å²) in [4.78, 5) is 28.0. The van der Waals surface area contributed by atoms with Gasteiger partial charge in [-0.05, 0) is 38.2 Å². The summed E-state index contributed by atoms with van der Waals surface area (Å²) in [6.45, 7) is 5.01. The molecule has 0 radical (unpaired) electrons. The molecule has 2 N–H and O–H groups in total. The van der Waals surface area contributed by atoms with Crippen molar-refractivity contribution < 1.29 is 48.9 Å². The fraction of sp³-hybridized carbons (Fsp3) is 0.679. The number of hydrogen-bond acceptors (Lipinski definition) is 9. The van der Waals surface area contributed by atoms with Gasteiger partial charge in [0.15, 0.2) is 0 Å². The summed E-state index contributed by atoms with van der Waals surface area (Å²) in [5, 5.41) is 9.61. The first-order chi connectivity index (χ1) is 21.3. The molecule has 3 aliphatic heterocycles. The molecule has 254 valence electrons. The van der Waals surface area contributed by atoms with Gasteiger partial charge in [-0.15, -0.1) is 11.3 Å². The number of aromatic amines is 1. The average Bonchev–Trinajstić information content (AvgIpc) is 3.59. The highest BCUT2D eigenvalue weighted by molar-refractivity contribution is 7.85. The van der Waals surface area contributed by atoms with E-state index in [0.717, 1.165) is 21.7 Å². The second kappa shape index (κ2) is 11.3. The van der Waals surface area contributed by atoms with Crippen molar-refractivity contribution in [2.45, 2.75) is 88.6 Å². The Morgan fingerprint density at radius 3 is 2.33 bits per heavy atom. The van der Waals surface area contributed by atoms with Gasteiger partial charge in [-0.2, -0.15) is 17.8 Å². The molecule has 18 heteroatoms. The second-order valence-corrected chi connectivity index (χ2v) is 16.0. The molecule has 2 amide bonds. The zero-order chi connectivity index (χ0) is 33.4. The number of halogens is 5. The fourth-order valence-electron chi connectivity index (χ4n) is 6.59. The minimum absolute atomic E-state index is 0.191. The van der Waals surface area contributed by atoms with E-state index < -0.39 is 64.8 Å². The Morgan fingerprint density at radius 1 is 1.09 bits per heavy atom. The molecule has 0 spiro atoms. The quantitative estimate of drug-likeness (QED) is 0.433. The van der Waals surface area contributed by atoms with Crippen LogP contribution in [0.5, 0.6) is 0 Å². The number of aromatic nitrogens is 2. The van der Waals surface area contributed by atoms with E-state index >= 15 is 0 Å². The topological polar surface area (TPSA) is 134 Å². The van der Waals surface area contributed by atoms with E-state index in [2.05, 4.69) is 19.7 Å². The molecule has 3 fully saturated rings. The molecule has 5 heterocycles. The van der Waals surface area contributed by atoms with Gasteiger partial charge < -0.3 is 15.0 Å². The Balaban J connectivity index is 0.000000168. The number of rotatable bonds is 3. The van der Waals surface area contributed by atoms with Gasteiger partial charge in [0.05, 0.1) is 24.5 Å². The number of amides is 2. The molecule has 3 unspecified atom stereocenters. The first kappa shape index (κ1) is 32.9. The molecule has 46 heavy (non-hydrogen) atoms. The van der Waals surface area contributed by atoms with Crippen LogP contribution in [-0.4, -0.2) is 90.3 Å². The molecule has 3 atom stereocenters. The number of ether oxygens (including phenoxy) is 1. The van der Waals surface area contributed by atoms with E-state index in [1.807, 2.05) is 4.90 Å². The lowest BCUT2D eigenvalue weighted by molar-refractivity contribution is -0.124. The molecule has 1 saturated heterocycles. The van der Waals surface area contributed by atoms with E-state index in [1.165, 1.54) is 11.3 Å². The van der Waals surface area contributed by atoms with Crippen LogP contribution in [0.3, 0.4) is 0 Å². The summed E-state index contributed by atoms with van der Waals surface area (Å²) in [7, 11) is -4.25. The summed E-state index contributed by atoms with van der Waals surface area (Å²) < 4.78 is 100. The number of anilines is 1. The number of nitrogens with zero attached hydrogens (tertiary/aromatic N) is 3. The minimum Gasteiger partial charge on any atom is -0.443 e. The Morgan fingerprint density at radius 2 is 1.74 bits per heavy atom. The molecule has 0 aromatic carbocycles. The predicted octanol–water partition coefficient (Wildman–Crippen LogP) is 4.91. The van der Waals surface area contributed by atoms with Gasteiger partial charge in [-0.1, -0.05) is 0 Å². The molecule has 2 aromatic rings. The second-order valence-electron chi connectivity index (χ2n) is 13.5. The first-order valence-corrected chi connectivity index (χ1v) is 17.0. The minimum atomic E-state index is -4.25. The van der Waals surface area contributed by atoms with Crippen molar-refractivity contribution in [2.75, 3.05) is 24.6 Å². The van der Waals surface area contributed by atoms with Gasteiger partial charge >= 0.3 is 16.4 Å². The van der Waals surface area contributed by atoms with Gasteiger partial charge in [0, 0.05) is 67.9 Å². The highest BCUT2D eigenvalue weighted by atomic mass is 32.2. The lowest BCUT2D eigenvalue weighted by Gasteiger charge is -2.42. The largest absolute Gasteiger partial charge is 0.443 e. The van der Waals surface area contributed by atoms with Gasteiger partial charge in [0.25, 0.3) is 5.91 Å². The van der Waals surface area contributed by atoms with Crippen molar-refractivity contribution in [2.24, 2.45) is 11.8 Å². The standard InChI is InChI=1S/C17H17F3N4OS.C11H17F2NO5S/c18-10-1-11-13-15(26-14(11)9-4-21-22-5-9)16(25)23-12(7-24(13)6-10)8-2-17(19,20)3-8;1-10(2,3)19-9(15)14-8(6-18-20(14,16)17)7-4-11(12,13)5-7/h4-5,8,10,12H,1-3,6-7H2,(H,21,22)(H,23,25);7-8H,4-6H2,1-3H3. The lowest BCUT2D eigenvalue weighted by Crippen LogP contribution is -2.53. The maximum atomic E-state index is 14.4. The van der Waals surface area contributed by atoms with E-state index in [9.17, 15) is 40.0 Å². The Labute approximate surface area is 266 Å². The maximum Gasteiger partial charge on any atom is 0.426 e. The third-order valence-electron chi connectivity index (χ3n) is 8.70. The zero-order valence-electron chi connectivity index (χ0n) is 25.2. The number of nitrogens with one attached hydrogen (secondary N) is 2. The normalized spacial score (nSPS) is 28.2. The molecule has 5 aliphatic rings. The van der Waals surface area contributed by atoms with Crippen LogP contribution in [0.25, 0.3) is 10.4 Å².